The van der Waals surface area contributed by atoms with Crippen LogP contribution in [-0.4, -0.2) is 27.9 Å². The monoisotopic (exact) mass is 363 g/mol. The highest BCUT2D eigenvalue weighted by Crippen LogP contribution is 2.15. The van der Waals surface area contributed by atoms with Crippen LogP contribution in [0.25, 0.3) is 5.69 Å². The van der Waals surface area contributed by atoms with Gasteiger partial charge in [0.25, 0.3) is 11.8 Å². The Morgan fingerprint density at radius 2 is 1.81 bits per heavy atom. The third kappa shape index (κ3) is 4.52. The molecule has 27 heavy (non-hydrogen) atoms. The number of aryl methyl sites for hydroxylation is 2. The molecule has 7 nitrogen and oxygen atoms in total. The van der Waals surface area contributed by atoms with E-state index in [9.17, 15) is 9.59 Å². The first-order valence-electron chi connectivity index (χ1n) is 8.52. The van der Waals surface area contributed by atoms with Gasteiger partial charge in [0.1, 0.15) is 5.69 Å². The van der Waals surface area contributed by atoms with Crippen molar-refractivity contribution in [1.82, 2.24) is 20.4 Å². The quantitative estimate of drug-likeness (QED) is 0.607. The molecule has 3 N–H and O–H groups in total. The summed E-state index contributed by atoms with van der Waals surface area (Å²) in [5.41, 5.74) is 9.05. The fourth-order valence-corrected chi connectivity index (χ4v) is 2.68. The number of nitrogens with one attached hydrogen (secondary N) is 3. The number of benzene rings is 2. The Morgan fingerprint density at radius 1 is 1.04 bits per heavy atom. The molecule has 3 aromatic rings. The first-order chi connectivity index (χ1) is 13.0. The molecule has 0 aliphatic rings. The maximum absolute atomic E-state index is 12.4. The fourth-order valence-electron chi connectivity index (χ4n) is 2.68. The summed E-state index contributed by atoms with van der Waals surface area (Å²) in [5, 5.41) is 3.05. The first-order valence-corrected chi connectivity index (χ1v) is 8.52. The van der Waals surface area contributed by atoms with E-state index < -0.39 is 5.91 Å². The van der Waals surface area contributed by atoms with Crippen LogP contribution in [0.1, 0.15) is 21.6 Å². The lowest BCUT2D eigenvalue weighted by atomic mass is 10.1. The van der Waals surface area contributed by atoms with Gasteiger partial charge in [0.15, 0.2) is 0 Å². The van der Waals surface area contributed by atoms with Crippen LogP contribution < -0.4 is 16.2 Å². The summed E-state index contributed by atoms with van der Waals surface area (Å²) in [6.45, 7) is 4.03. The molecule has 0 unspecified atom stereocenters. The van der Waals surface area contributed by atoms with E-state index >= 15 is 0 Å². The highest BCUT2D eigenvalue weighted by atomic mass is 16.2. The number of imidazole rings is 1. The number of aromatic nitrogens is 2. The first kappa shape index (κ1) is 18.2. The van der Waals surface area contributed by atoms with Gasteiger partial charge in [-0.1, -0.05) is 35.9 Å². The Labute approximate surface area is 157 Å². The van der Waals surface area contributed by atoms with Crippen molar-refractivity contribution in [3.63, 3.8) is 0 Å². The number of rotatable bonds is 5. The van der Waals surface area contributed by atoms with E-state index in [1.165, 1.54) is 6.20 Å². The minimum absolute atomic E-state index is 0.0438. The van der Waals surface area contributed by atoms with Crippen molar-refractivity contribution in [2.75, 3.05) is 11.9 Å². The van der Waals surface area contributed by atoms with Crippen LogP contribution in [0.2, 0.25) is 0 Å². The van der Waals surface area contributed by atoms with Crippen molar-refractivity contribution in [2.24, 2.45) is 0 Å². The number of hydrazine groups is 1. The maximum Gasteiger partial charge on any atom is 0.288 e. The molecule has 0 atom stereocenters. The number of anilines is 1. The molecule has 0 saturated carbocycles. The molecule has 0 radical (unpaired) electrons. The number of carbonyl (C=O) groups excluding carboxylic acids is 2. The molecule has 1 aromatic heterocycles. The van der Waals surface area contributed by atoms with Crippen LogP contribution in [0.15, 0.2) is 61.1 Å². The standard InChI is InChI=1S/C20H21N5O2/c1-14-8-9-17(15(2)10-14)22-12-19(26)23-24-20(27)18-11-21-13-25(18)16-6-4-3-5-7-16/h3-11,13,22H,12H2,1-2H3,(H,23,26)(H,24,27). The number of hydrogen-bond acceptors (Lipinski definition) is 4. The van der Waals surface area contributed by atoms with Crippen molar-refractivity contribution >= 4 is 17.5 Å². The second-order valence-electron chi connectivity index (χ2n) is 6.16. The molecule has 2 amide bonds. The van der Waals surface area contributed by atoms with Crippen LogP contribution in [0.5, 0.6) is 0 Å². The molecule has 0 spiro atoms. The minimum atomic E-state index is -0.448. The van der Waals surface area contributed by atoms with Gasteiger partial charge in [-0.05, 0) is 37.6 Å². The summed E-state index contributed by atoms with van der Waals surface area (Å²) in [6, 6.07) is 15.3. The predicted molar refractivity (Wildman–Crippen MR) is 104 cm³/mol. The lowest BCUT2D eigenvalue weighted by Gasteiger charge is -2.12. The Balaban J connectivity index is 1.55. The zero-order valence-corrected chi connectivity index (χ0v) is 15.2. The van der Waals surface area contributed by atoms with E-state index in [0.717, 1.165) is 22.5 Å². The summed E-state index contributed by atoms with van der Waals surface area (Å²) >= 11 is 0. The van der Waals surface area contributed by atoms with Crippen molar-refractivity contribution in [3.05, 3.63) is 77.9 Å². The van der Waals surface area contributed by atoms with Crippen LogP contribution in [-0.2, 0) is 4.79 Å². The van der Waals surface area contributed by atoms with E-state index in [1.807, 2.05) is 62.4 Å². The van der Waals surface area contributed by atoms with Crippen LogP contribution in [0, 0.1) is 13.8 Å². The highest BCUT2D eigenvalue weighted by molar-refractivity contribution is 5.94. The summed E-state index contributed by atoms with van der Waals surface area (Å²) in [7, 11) is 0. The van der Waals surface area contributed by atoms with Gasteiger partial charge in [0.05, 0.1) is 19.1 Å². The zero-order chi connectivity index (χ0) is 19.2. The Bertz CT molecular complexity index is 950. The summed E-state index contributed by atoms with van der Waals surface area (Å²) < 4.78 is 1.65. The lowest BCUT2D eigenvalue weighted by molar-refractivity contribution is -0.120. The molecule has 7 heteroatoms. The Hall–Kier alpha value is -3.61. The van der Waals surface area contributed by atoms with Gasteiger partial charge < -0.3 is 5.32 Å². The SMILES string of the molecule is Cc1ccc(NCC(=O)NNC(=O)c2cncn2-c2ccccc2)c(C)c1. The molecule has 0 bridgehead atoms. The summed E-state index contributed by atoms with van der Waals surface area (Å²) in [5.74, 6) is -0.801. The maximum atomic E-state index is 12.4. The molecule has 0 aliphatic carbocycles. The third-order valence-electron chi connectivity index (χ3n) is 4.04. The van der Waals surface area contributed by atoms with Crippen LogP contribution in [0.3, 0.4) is 0 Å². The van der Waals surface area contributed by atoms with E-state index in [1.54, 1.807) is 10.9 Å². The van der Waals surface area contributed by atoms with E-state index in [0.29, 0.717) is 5.69 Å². The van der Waals surface area contributed by atoms with Gasteiger partial charge in [-0.15, -0.1) is 0 Å². The van der Waals surface area contributed by atoms with Gasteiger partial charge in [-0.2, -0.15) is 0 Å². The van der Waals surface area contributed by atoms with Crippen molar-refractivity contribution in [1.29, 1.82) is 0 Å². The van der Waals surface area contributed by atoms with Gasteiger partial charge in [-0.3, -0.25) is 25.0 Å². The molecular weight excluding hydrogens is 342 g/mol. The van der Waals surface area contributed by atoms with E-state index in [2.05, 4.69) is 21.2 Å². The number of nitrogens with zero attached hydrogens (tertiary/aromatic N) is 2. The average Bonchev–Trinajstić information content (AvgIpc) is 3.16. The third-order valence-corrected chi connectivity index (χ3v) is 4.04. The molecule has 138 valence electrons. The minimum Gasteiger partial charge on any atom is -0.376 e. The van der Waals surface area contributed by atoms with Crippen LogP contribution >= 0.6 is 0 Å². The zero-order valence-electron chi connectivity index (χ0n) is 15.2. The summed E-state index contributed by atoms with van der Waals surface area (Å²) in [6.07, 6.45) is 3.00. The molecule has 1 heterocycles. The number of para-hydroxylation sites is 1. The smallest absolute Gasteiger partial charge is 0.288 e. The Morgan fingerprint density at radius 3 is 2.56 bits per heavy atom. The molecular formula is C20H21N5O2. The lowest BCUT2D eigenvalue weighted by Crippen LogP contribution is -2.44. The number of carbonyl (C=O) groups is 2. The normalized spacial score (nSPS) is 10.3. The van der Waals surface area contributed by atoms with Crippen molar-refractivity contribution in [3.8, 4) is 5.69 Å². The van der Waals surface area contributed by atoms with Gasteiger partial charge >= 0.3 is 0 Å². The molecule has 0 saturated heterocycles. The van der Waals surface area contributed by atoms with E-state index in [-0.39, 0.29) is 12.5 Å². The van der Waals surface area contributed by atoms with E-state index in [4.69, 9.17) is 0 Å². The second-order valence-corrected chi connectivity index (χ2v) is 6.16. The van der Waals surface area contributed by atoms with Gasteiger partial charge in [0, 0.05) is 11.4 Å². The molecule has 2 aromatic carbocycles. The fraction of sp³-hybridized carbons (Fsp3) is 0.150. The largest absolute Gasteiger partial charge is 0.376 e. The highest BCUT2D eigenvalue weighted by Gasteiger charge is 2.13. The topological polar surface area (TPSA) is 88.1 Å². The predicted octanol–water partition coefficient (Wildman–Crippen LogP) is 2.36. The Kier molecular flexibility index (Phi) is 5.51. The van der Waals surface area contributed by atoms with Gasteiger partial charge in [0.2, 0.25) is 0 Å². The van der Waals surface area contributed by atoms with Crippen LogP contribution in [0.4, 0.5) is 5.69 Å². The second kappa shape index (κ2) is 8.18. The summed E-state index contributed by atoms with van der Waals surface area (Å²) in [4.78, 5) is 28.4. The van der Waals surface area contributed by atoms with Crippen molar-refractivity contribution < 1.29 is 9.59 Å². The molecule has 0 fully saturated rings. The van der Waals surface area contributed by atoms with Crippen molar-refractivity contribution in [2.45, 2.75) is 13.8 Å². The molecule has 0 aliphatic heterocycles. The number of amides is 2. The average molecular weight is 363 g/mol. The molecule has 3 rings (SSSR count). The number of hydrogen-bond donors (Lipinski definition) is 3. The van der Waals surface area contributed by atoms with Gasteiger partial charge in [-0.25, -0.2) is 4.98 Å².